The molecule has 1 rings (SSSR count). The third kappa shape index (κ3) is 2.88. The standard InChI is InChI=1S/C10H12N2O6S/c1-7(10(13)14)11(2)19(17,18)9-6-4-3-5-8(9)12(15)16/h3-7H,1-2H3,(H,13,14). The molecule has 0 fully saturated rings. The van der Waals surface area contributed by atoms with Crippen LogP contribution in [0.25, 0.3) is 0 Å². The molecule has 8 nitrogen and oxygen atoms in total. The maximum Gasteiger partial charge on any atom is 0.321 e. The molecule has 0 aliphatic rings. The molecule has 0 heterocycles. The predicted octanol–water partition coefficient (Wildman–Crippen LogP) is 0.688. The van der Waals surface area contributed by atoms with Gasteiger partial charge >= 0.3 is 5.97 Å². The number of nitro groups is 1. The van der Waals surface area contributed by atoms with Crippen LogP contribution in [0, 0.1) is 10.1 Å². The van der Waals surface area contributed by atoms with Gasteiger partial charge < -0.3 is 5.11 Å². The summed E-state index contributed by atoms with van der Waals surface area (Å²) in [5, 5.41) is 19.6. The number of carboxylic acids is 1. The molecule has 19 heavy (non-hydrogen) atoms. The SMILES string of the molecule is CC(C(=O)O)N(C)S(=O)(=O)c1ccccc1[N+](=O)[O-]. The molecule has 1 unspecified atom stereocenters. The molecule has 0 spiro atoms. The fourth-order valence-corrected chi connectivity index (χ4v) is 2.82. The van der Waals surface area contributed by atoms with Crippen LogP contribution in [-0.4, -0.2) is 41.8 Å². The number of nitrogens with zero attached hydrogens (tertiary/aromatic N) is 2. The Morgan fingerprint density at radius 1 is 1.42 bits per heavy atom. The first kappa shape index (κ1) is 15.1. The van der Waals surface area contributed by atoms with Gasteiger partial charge in [0.25, 0.3) is 5.69 Å². The highest BCUT2D eigenvalue weighted by molar-refractivity contribution is 7.89. The molecule has 0 bridgehead atoms. The number of aliphatic carboxylic acids is 1. The second-order valence-electron chi connectivity index (χ2n) is 3.76. The topological polar surface area (TPSA) is 118 Å². The number of carbonyl (C=O) groups is 1. The minimum Gasteiger partial charge on any atom is -0.480 e. The van der Waals surface area contributed by atoms with Crippen molar-refractivity contribution in [2.75, 3.05) is 7.05 Å². The Labute approximate surface area is 109 Å². The normalized spacial score (nSPS) is 13.2. The minimum atomic E-state index is -4.25. The summed E-state index contributed by atoms with van der Waals surface area (Å²) in [6.45, 7) is 1.18. The summed E-state index contributed by atoms with van der Waals surface area (Å²) in [5.74, 6) is -1.34. The van der Waals surface area contributed by atoms with Crippen LogP contribution < -0.4 is 0 Å². The minimum absolute atomic E-state index is 0.532. The summed E-state index contributed by atoms with van der Waals surface area (Å²) >= 11 is 0. The molecule has 0 aromatic heterocycles. The Morgan fingerprint density at radius 2 is 1.95 bits per heavy atom. The monoisotopic (exact) mass is 288 g/mol. The van der Waals surface area contributed by atoms with Crippen LogP contribution in [0.3, 0.4) is 0 Å². The van der Waals surface area contributed by atoms with Gasteiger partial charge in [0.2, 0.25) is 10.0 Å². The molecular weight excluding hydrogens is 276 g/mol. The maximum atomic E-state index is 12.2. The zero-order valence-corrected chi connectivity index (χ0v) is 11.0. The largest absolute Gasteiger partial charge is 0.480 e. The predicted molar refractivity (Wildman–Crippen MR) is 65.1 cm³/mol. The highest BCUT2D eigenvalue weighted by atomic mass is 32.2. The lowest BCUT2D eigenvalue weighted by Gasteiger charge is -2.20. The number of benzene rings is 1. The van der Waals surface area contributed by atoms with E-state index < -0.39 is 37.5 Å². The number of sulfonamides is 1. The van der Waals surface area contributed by atoms with Gasteiger partial charge in [0.05, 0.1) is 4.92 Å². The molecule has 0 saturated heterocycles. The van der Waals surface area contributed by atoms with E-state index in [9.17, 15) is 23.3 Å². The molecular formula is C10H12N2O6S. The van der Waals surface area contributed by atoms with Gasteiger partial charge in [0.15, 0.2) is 4.90 Å². The number of rotatable bonds is 5. The summed E-state index contributed by atoms with van der Waals surface area (Å²) in [4.78, 5) is 20.2. The number of para-hydroxylation sites is 1. The zero-order valence-electron chi connectivity index (χ0n) is 10.2. The quantitative estimate of drug-likeness (QED) is 0.629. The van der Waals surface area contributed by atoms with Crippen LogP contribution in [0.2, 0.25) is 0 Å². The Morgan fingerprint density at radius 3 is 2.42 bits per heavy atom. The van der Waals surface area contributed by atoms with E-state index in [1.165, 1.54) is 19.1 Å². The smallest absolute Gasteiger partial charge is 0.321 e. The molecule has 0 aliphatic carbocycles. The molecule has 1 atom stereocenters. The van der Waals surface area contributed by atoms with Crippen molar-refractivity contribution < 1.29 is 23.2 Å². The number of carboxylic acid groups (broad SMARTS) is 1. The Balaban J connectivity index is 3.36. The van der Waals surface area contributed by atoms with Gasteiger partial charge in [-0.3, -0.25) is 14.9 Å². The van der Waals surface area contributed by atoms with Crippen LogP contribution >= 0.6 is 0 Å². The Kier molecular flexibility index (Phi) is 4.22. The van der Waals surface area contributed by atoms with Crippen molar-refractivity contribution in [2.45, 2.75) is 17.9 Å². The van der Waals surface area contributed by atoms with Gasteiger partial charge in [0, 0.05) is 13.1 Å². The lowest BCUT2D eigenvalue weighted by molar-refractivity contribution is -0.387. The molecule has 1 N–H and O–H groups in total. The highest BCUT2D eigenvalue weighted by Gasteiger charge is 2.34. The van der Waals surface area contributed by atoms with E-state index in [0.29, 0.717) is 4.31 Å². The van der Waals surface area contributed by atoms with Crippen molar-refractivity contribution in [3.05, 3.63) is 34.4 Å². The van der Waals surface area contributed by atoms with Crippen molar-refractivity contribution in [2.24, 2.45) is 0 Å². The summed E-state index contributed by atoms with van der Waals surface area (Å²) in [7, 11) is -3.19. The molecule has 1 aromatic carbocycles. The molecule has 0 saturated carbocycles. The summed E-state index contributed by atoms with van der Waals surface area (Å²) in [6.07, 6.45) is 0. The van der Waals surface area contributed by atoms with Crippen LogP contribution in [0.15, 0.2) is 29.2 Å². The fourth-order valence-electron chi connectivity index (χ4n) is 1.34. The first-order valence-corrected chi connectivity index (χ1v) is 6.58. The first-order valence-electron chi connectivity index (χ1n) is 5.14. The maximum absolute atomic E-state index is 12.2. The fraction of sp³-hybridized carbons (Fsp3) is 0.300. The number of hydrogen-bond donors (Lipinski definition) is 1. The summed E-state index contributed by atoms with van der Waals surface area (Å²) in [6, 6.07) is 3.45. The van der Waals surface area contributed by atoms with Crippen LogP contribution in [-0.2, 0) is 14.8 Å². The number of likely N-dealkylation sites (N-methyl/N-ethyl adjacent to an activating group) is 1. The van der Waals surface area contributed by atoms with E-state index in [0.717, 1.165) is 19.2 Å². The summed E-state index contributed by atoms with van der Waals surface area (Å²) < 4.78 is 24.9. The summed E-state index contributed by atoms with van der Waals surface area (Å²) in [5.41, 5.74) is -0.591. The second-order valence-corrected chi connectivity index (χ2v) is 5.73. The second kappa shape index (κ2) is 5.33. The third-order valence-electron chi connectivity index (χ3n) is 2.62. The van der Waals surface area contributed by atoms with Gasteiger partial charge in [-0.25, -0.2) is 8.42 Å². The molecule has 9 heteroatoms. The first-order chi connectivity index (χ1) is 8.69. The van der Waals surface area contributed by atoms with E-state index in [1.54, 1.807) is 0 Å². The van der Waals surface area contributed by atoms with E-state index in [4.69, 9.17) is 5.11 Å². The third-order valence-corrected chi connectivity index (χ3v) is 4.60. The average molecular weight is 288 g/mol. The number of hydrogen-bond acceptors (Lipinski definition) is 5. The van der Waals surface area contributed by atoms with E-state index in [2.05, 4.69) is 0 Å². The average Bonchev–Trinajstić information content (AvgIpc) is 2.36. The Bertz CT molecular complexity index is 612. The van der Waals surface area contributed by atoms with Crippen LogP contribution in [0.5, 0.6) is 0 Å². The van der Waals surface area contributed by atoms with E-state index in [1.807, 2.05) is 0 Å². The van der Waals surface area contributed by atoms with E-state index >= 15 is 0 Å². The molecule has 0 radical (unpaired) electrons. The van der Waals surface area contributed by atoms with Gasteiger partial charge in [-0.1, -0.05) is 12.1 Å². The Hall–Kier alpha value is -2.00. The van der Waals surface area contributed by atoms with Gasteiger partial charge in [-0.05, 0) is 13.0 Å². The van der Waals surface area contributed by atoms with Crippen molar-refractivity contribution in [3.8, 4) is 0 Å². The van der Waals surface area contributed by atoms with E-state index in [-0.39, 0.29) is 0 Å². The number of nitro benzene ring substituents is 1. The van der Waals surface area contributed by atoms with Crippen molar-refractivity contribution in [1.82, 2.24) is 4.31 Å². The molecule has 1 aromatic rings. The van der Waals surface area contributed by atoms with Gasteiger partial charge in [-0.2, -0.15) is 4.31 Å². The van der Waals surface area contributed by atoms with Crippen molar-refractivity contribution in [1.29, 1.82) is 0 Å². The lowest BCUT2D eigenvalue weighted by atomic mass is 10.3. The van der Waals surface area contributed by atoms with Crippen LogP contribution in [0.1, 0.15) is 6.92 Å². The molecule has 104 valence electrons. The molecule has 0 aliphatic heterocycles. The van der Waals surface area contributed by atoms with Crippen LogP contribution in [0.4, 0.5) is 5.69 Å². The van der Waals surface area contributed by atoms with Crippen molar-refractivity contribution >= 4 is 21.7 Å². The van der Waals surface area contributed by atoms with Gasteiger partial charge in [-0.15, -0.1) is 0 Å². The zero-order chi connectivity index (χ0) is 14.8. The van der Waals surface area contributed by atoms with Crippen molar-refractivity contribution in [3.63, 3.8) is 0 Å². The highest BCUT2D eigenvalue weighted by Crippen LogP contribution is 2.26. The van der Waals surface area contributed by atoms with Gasteiger partial charge in [0.1, 0.15) is 6.04 Å². The molecule has 0 amide bonds. The lowest BCUT2D eigenvalue weighted by Crippen LogP contribution is -2.40.